The zero-order chi connectivity index (χ0) is 18.5. The monoisotopic (exact) mass is 370 g/mol. The van der Waals surface area contributed by atoms with E-state index in [1.54, 1.807) is 6.92 Å². The molecule has 3 unspecified atom stereocenters. The average Bonchev–Trinajstić information content (AvgIpc) is 2.83. The maximum Gasteiger partial charge on any atom is 0.332 e. The SMILES string of the molecule is CCOC(=O)COC1O[C@@H]2O[C@@]3(C)CCC4[C@H](C)CCC([C@H]1C)[C@]42OO3. The van der Waals surface area contributed by atoms with E-state index in [0.717, 1.165) is 25.7 Å². The highest BCUT2D eigenvalue weighted by Crippen LogP contribution is 2.60. The fraction of sp³-hybridized carbons (Fsp3) is 0.947. The Kier molecular flexibility index (Phi) is 4.80. The van der Waals surface area contributed by atoms with Crippen LogP contribution < -0.4 is 0 Å². The van der Waals surface area contributed by atoms with E-state index in [2.05, 4.69) is 13.8 Å². The van der Waals surface area contributed by atoms with Crippen LogP contribution in [0.2, 0.25) is 0 Å². The molecule has 5 rings (SSSR count). The molecule has 2 bridgehead atoms. The van der Waals surface area contributed by atoms with Gasteiger partial charge in [-0.3, -0.25) is 0 Å². The fourth-order valence-electron chi connectivity index (χ4n) is 5.42. The van der Waals surface area contributed by atoms with Gasteiger partial charge in [0.15, 0.2) is 18.2 Å². The van der Waals surface area contributed by atoms with Crippen molar-refractivity contribution in [3.05, 3.63) is 0 Å². The predicted octanol–water partition coefficient (Wildman–Crippen LogP) is 2.77. The molecular formula is C19H30O7. The number of esters is 1. The summed E-state index contributed by atoms with van der Waals surface area (Å²) >= 11 is 0. The van der Waals surface area contributed by atoms with E-state index in [1.165, 1.54) is 0 Å². The van der Waals surface area contributed by atoms with Gasteiger partial charge in [-0.05, 0) is 44.9 Å². The Morgan fingerprint density at radius 2 is 1.96 bits per heavy atom. The summed E-state index contributed by atoms with van der Waals surface area (Å²) in [6.45, 7) is 8.27. The Morgan fingerprint density at radius 3 is 2.73 bits per heavy atom. The third-order valence-electron chi connectivity index (χ3n) is 6.77. The number of carbonyl (C=O) groups excluding carboxylic acids is 1. The highest BCUT2D eigenvalue weighted by molar-refractivity contribution is 5.70. The van der Waals surface area contributed by atoms with Gasteiger partial charge in [-0.2, -0.15) is 0 Å². The van der Waals surface area contributed by atoms with Crippen molar-refractivity contribution in [1.29, 1.82) is 0 Å². The summed E-state index contributed by atoms with van der Waals surface area (Å²) < 4.78 is 23.2. The summed E-state index contributed by atoms with van der Waals surface area (Å²) in [5.41, 5.74) is -0.600. The zero-order valence-electron chi connectivity index (χ0n) is 16.1. The van der Waals surface area contributed by atoms with Crippen molar-refractivity contribution in [1.82, 2.24) is 0 Å². The maximum atomic E-state index is 11.7. The number of fused-ring (bicyclic) bond motifs is 2. The highest BCUT2D eigenvalue weighted by Gasteiger charge is 2.69. The number of carbonyl (C=O) groups is 1. The molecule has 7 heteroatoms. The first-order valence-corrected chi connectivity index (χ1v) is 9.87. The number of hydrogen-bond acceptors (Lipinski definition) is 7. The summed E-state index contributed by atoms with van der Waals surface area (Å²) in [5.74, 6) is -0.0847. The molecule has 0 aromatic rings. The van der Waals surface area contributed by atoms with Gasteiger partial charge in [0.25, 0.3) is 0 Å². The first-order chi connectivity index (χ1) is 12.4. The molecule has 0 aromatic heterocycles. The van der Waals surface area contributed by atoms with Crippen LogP contribution in [0.4, 0.5) is 0 Å². The fourth-order valence-corrected chi connectivity index (χ4v) is 5.42. The van der Waals surface area contributed by atoms with Gasteiger partial charge in [0.1, 0.15) is 6.61 Å². The van der Waals surface area contributed by atoms with Crippen molar-refractivity contribution in [2.24, 2.45) is 23.7 Å². The van der Waals surface area contributed by atoms with Gasteiger partial charge in [-0.15, -0.1) is 0 Å². The molecule has 1 saturated carbocycles. The Bertz CT molecular complexity index is 554. The molecule has 1 aliphatic carbocycles. The summed E-state index contributed by atoms with van der Waals surface area (Å²) in [6.07, 6.45) is 2.83. The third-order valence-corrected chi connectivity index (χ3v) is 6.77. The molecular weight excluding hydrogens is 340 g/mol. The molecule has 26 heavy (non-hydrogen) atoms. The van der Waals surface area contributed by atoms with E-state index in [4.69, 9.17) is 28.7 Å². The Morgan fingerprint density at radius 1 is 1.15 bits per heavy atom. The molecule has 148 valence electrons. The van der Waals surface area contributed by atoms with E-state index in [-0.39, 0.29) is 24.4 Å². The Labute approximate surface area is 154 Å². The molecule has 7 nitrogen and oxygen atoms in total. The van der Waals surface area contributed by atoms with Crippen LogP contribution in [0.5, 0.6) is 0 Å². The molecule has 1 spiro atoms. The molecule has 0 aromatic carbocycles. The lowest BCUT2D eigenvalue weighted by atomic mass is 9.58. The van der Waals surface area contributed by atoms with Crippen LogP contribution in [0.3, 0.4) is 0 Å². The maximum absolute atomic E-state index is 11.7. The van der Waals surface area contributed by atoms with Crippen molar-refractivity contribution in [3.8, 4) is 0 Å². The minimum absolute atomic E-state index is 0.0605. The van der Waals surface area contributed by atoms with Crippen molar-refractivity contribution in [2.75, 3.05) is 13.2 Å². The third kappa shape index (κ3) is 2.79. The van der Waals surface area contributed by atoms with E-state index in [1.807, 2.05) is 6.92 Å². The van der Waals surface area contributed by atoms with Crippen molar-refractivity contribution < 1.29 is 33.5 Å². The topological polar surface area (TPSA) is 72.5 Å². The lowest BCUT2D eigenvalue weighted by Crippen LogP contribution is -2.70. The second-order valence-electron chi connectivity index (χ2n) is 8.39. The second-order valence-corrected chi connectivity index (χ2v) is 8.39. The predicted molar refractivity (Wildman–Crippen MR) is 89.4 cm³/mol. The molecule has 4 aliphatic heterocycles. The normalized spacial score (nSPS) is 50.0. The first-order valence-electron chi connectivity index (χ1n) is 9.87. The van der Waals surface area contributed by atoms with Gasteiger partial charge in [0.2, 0.25) is 5.79 Å². The van der Waals surface area contributed by atoms with Crippen LogP contribution in [0.25, 0.3) is 0 Å². The molecule has 8 atom stereocenters. The summed E-state index contributed by atoms with van der Waals surface area (Å²) in [6, 6.07) is 0. The number of rotatable bonds is 4. The quantitative estimate of drug-likeness (QED) is 0.556. The summed E-state index contributed by atoms with van der Waals surface area (Å²) in [5, 5.41) is 0. The lowest BCUT2D eigenvalue weighted by Gasteiger charge is -2.60. The summed E-state index contributed by atoms with van der Waals surface area (Å²) in [7, 11) is 0. The Balaban J connectivity index is 1.59. The highest BCUT2D eigenvalue weighted by atomic mass is 17.3. The minimum Gasteiger partial charge on any atom is -0.464 e. The first kappa shape index (κ1) is 18.6. The van der Waals surface area contributed by atoms with Gasteiger partial charge >= 0.3 is 5.97 Å². The van der Waals surface area contributed by atoms with Crippen LogP contribution in [-0.2, 0) is 33.5 Å². The van der Waals surface area contributed by atoms with Gasteiger partial charge < -0.3 is 18.9 Å². The van der Waals surface area contributed by atoms with Crippen LogP contribution in [0.15, 0.2) is 0 Å². The molecule has 4 saturated heterocycles. The smallest absolute Gasteiger partial charge is 0.332 e. The van der Waals surface area contributed by atoms with Crippen LogP contribution >= 0.6 is 0 Å². The van der Waals surface area contributed by atoms with E-state index >= 15 is 0 Å². The van der Waals surface area contributed by atoms with Gasteiger partial charge in [-0.1, -0.05) is 13.8 Å². The number of ether oxygens (including phenoxy) is 4. The van der Waals surface area contributed by atoms with E-state index in [0.29, 0.717) is 18.4 Å². The molecule has 0 amide bonds. The molecule has 5 fully saturated rings. The zero-order valence-corrected chi connectivity index (χ0v) is 16.1. The van der Waals surface area contributed by atoms with Crippen LogP contribution in [0, 0.1) is 23.7 Å². The molecule has 0 N–H and O–H groups in total. The Hall–Kier alpha value is -0.730. The molecule has 0 radical (unpaired) electrons. The van der Waals surface area contributed by atoms with Crippen molar-refractivity contribution in [3.63, 3.8) is 0 Å². The number of hydrogen-bond donors (Lipinski definition) is 0. The molecule has 4 heterocycles. The van der Waals surface area contributed by atoms with E-state index in [9.17, 15) is 4.79 Å². The average molecular weight is 370 g/mol. The minimum atomic E-state index is -0.802. The van der Waals surface area contributed by atoms with Gasteiger partial charge in [-0.25, -0.2) is 14.6 Å². The standard InChI is InChI=1S/C19H30O7/c1-5-21-15(20)10-22-16-12(3)14-7-6-11(2)13-8-9-18(4)24-17(23-16)19(13,14)26-25-18/h11-14,16-17H,5-10H2,1-4H3/t11-,12-,13?,14?,16?,17-,18-,19-/m1/s1. The second kappa shape index (κ2) is 6.71. The lowest BCUT2D eigenvalue weighted by molar-refractivity contribution is -0.577. The molecule has 5 aliphatic rings. The van der Waals surface area contributed by atoms with Gasteiger partial charge in [0, 0.05) is 18.3 Å². The summed E-state index contributed by atoms with van der Waals surface area (Å²) in [4.78, 5) is 23.5. The largest absolute Gasteiger partial charge is 0.464 e. The van der Waals surface area contributed by atoms with Crippen LogP contribution in [-0.4, -0.2) is 43.2 Å². The van der Waals surface area contributed by atoms with E-state index < -0.39 is 24.0 Å². The van der Waals surface area contributed by atoms with Crippen molar-refractivity contribution >= 4 is 5.97 Å². The van der Waals surface area contributed by atoms with Gasteiger partial charge in [0.05, 0.1) is 6.61 Å². The van der Waals surface area contributed by atoms with Crippen molar-refractivity contribution in [2.45, 2.75) is 77.3 Å². The van der Waals surface area contributed by atoms with Crippen LogP contribution in [0.1, 0.15) is 53.4 Å².